The Kier molecular flexibility index (Phi) is 7.49. The average molecular weight is 528 g/mol. The number of nitrogens with one attached hydrogen (secondary N) is 1. The number of hydrogen-bond donors (Lipinski definition) is 1. The van der Waals surface area contributed by atoms with E-state index in [1.807, 2.05) is 42.5 Å². The van der Waals surface area contributed by atoms with E-state index >= 15 is 0 Å². The second kappa shape index (κ2) is 11.3. The highest BCUT2D eigenvalue weighted by atomic mass is 16.7. The van der Waals surface area contributed by atoms with Crippen molar-refractivity contribution in [2.24, 2.45) is 0 Å². The van der Waals surface area contributed by atoms with Gasteiger partial charge >= 0.3 is 0 Å². The van der Waals surface area contributed by atoms with Gasteiger partial charge in [0.15, 0.2) is 17.3 Å². The first kappa shape index (κ1) is 25.8. The largest absolute Gasteiger partial charge is 0.493 e. The highest BCUT2D eigenvalue weighted by Gasteiger charge is 2.28. The minimum Gasteiger partial charge on any atom is -0.493 e. The molecule has 2 heterocycles. The van der Waals surface area contributed by atoms with Crippen molar-refractivity contribution in [3.8, 4) is 17.2 Å². The number of carbonyl (C=O) groups is 3. The van der Waals surface area contributed by atoms with Gasteiger partial charge in [-0.1, -0.05) is 18.2 Å². The fourth-order valence-electron chi connectivity index (χ4n) is 4.59. The molecule has 2 aliphatic rings. The molecule has 1 fully saturated rings. The molecule has 0 aliphatic carbocycles. The molecule has 2 aliphatic heterocycles. The molecule has 1 N–H and O–H groups in total. The van der Waals surface area contributed by atoms with Crippen LogP contribution in [0.5, 0.6) is 17.2 Å². The molecule has 39 heavy (non-hydrogen) atoms. The predicted molar refractivity (Wildman–Crippen MR) is 147 cm³/mol. The van der Waals surface area contributed by atoms with Crippen molar-refractivity contribution in [3.05, 3.63) is 83.4 Å². The minimum atomic E-state index is -0.509. The lowest BCUT2D eigenvalue weighted by Gasteiger charge is -2.36. The Morgan fingerprint density at radius 1 is 0.923 bits per heavy atom. The van der Waals surface area contributed by atoms with Crippen LogP contribution in [0.15, 0.2) is 72.3 Å². The van der Waals surface area contributed by atoms with Crippen LogP contribution in [-0.2, 0) is 9.59 Å². The zero-order valence-corrected chi connectivity index (χ0v) is 21.8. The quantitative estimate of drug-likeness (QED) is 0.215. The number of para-hydroxylation sites is 1. The van der Waals surface area contributed by atoms with E-state index in [0.29, 0.717) is 60.2 Å². The summed E-state index contributed by atoms with van der Waals surface area (Å²) in [5, 5.41) is 2.83. The van der Waals surface area contributed by atoms with Crippen LogP contribution in [0.1, 0.15) is 22.8 Å². The number of rotatable bonds is 7. The molecule has 2 amide bonds. The number of ketones is 1. The molecule has 0 saturated carbocycles. The van der Waals surface area contributed by atoms with E-state index in [1.165, 1.54) is 14.0 Å². The number of nitrogens with zero attached hydrogens (tertiary/aromatic N) is 2. The summed E-state index contributed by atoms with van der Waals surface area (Å²) in [7, 11) is 1.52. The summed E-state index contributed by atoms with van der Waals surface area (Å²) in [6, 6.07) is 19.9. The summed E-state index contributed by atoms with van der Waals surface area (Å²) in [4.78, 5) is 42.6. The lowest BCUT2D eigenvalue weighted by atomic mass is 10.1. The second-order valence-electron chi connectivity index (χ2n) is 9.22. The molecule has 0 aromatic heterocycles. The Morgan fingerprint density at radius 3 is 2.31 bits per heavy atom. The van der Waals surface area contributed by atoms with Crippen LogP contribution >= 0.6 is 0 Å². The molecule has 200 valence electrons. The Labute approximate surface area is 226 Å². The second-order valence-corrected chi connectivity index (χ2v) is 9.22. The molecule has 3 aromatic rings. The van der Waals surface area contributed by atoms with E-state index in [1.54, 1.807) is 35.2 Å². The smallest absolute Gasteiger partial charge is 0.261 e. The van der Waals surface area contributed by atoms with E-state index < -0.39 is 5.91 Å². The number of Topliss-reactive ketones (excluding diaryl/α,β-unsaturated/α-hetero) is 1. The first-order chi connectivity index (χ1) is 18.9. The van der Waals surface area contributed by atoms with Gasteiger partial charge in [0.05, 0.1) is 7.11 Å². The standard InChI is InChI=1S/C30H29N3O6/c1-20(34)22-8-10-24(11-9-22)32-12-14-33(15-13-32)30(36)25(29(35)31-23-6-4-3-5-7-23)16-21-17-26(37-2)28-27(18-21)38-19-39-28/h3-11,16-18H,12-15,19H2,1-2H3,(H,31,35)/b25-16-. The van der Waals surface area contributed by atoms with Gasteiger partial charge in [-0.25, -0.2) is 0 Å². The van der Waals surface area contributed by atoms with Crippen LogP contribution in [0.2, 0.25) is 0 Å². The van der Waals surface area contributed by atoms with Crippen LogP contribution < -0.4 is 24.4 Å². The monoisotopic (exact) mass is 527 g/mol. The zero-order valence-electron chi connectivity index (χ0n) is 21.8. The molecule has 0 spiro atoms. The van der Waals surface area contributed by atoms with Crippen molar-refractivity contribution in [1.29, 1.82) is 0 Å². The van der Waals surface area contributed by atoms with Gasteiger partial charge in [0.2, 0.25) is 12.5 Å². The van der Waals surface area contributed by atoms with Gasteiger partial charge in [-0.15, -0.1) is 0 Å². The summed E-state index contributed by atoms with van der Waals surface area (Å²) in [5.41, 5.74) is 2.80. The zero-order chi connectivity index (χ0) is 27.4. The van der Waals surface area contributed by atoms with Crippen molar-refractivity contribution >= 4 is 35.0 Å². The van der Waals surface area contributed by atoms with Crippen molar-refractivity contribution in [1.82, 2.24) is 4.90 Å². The first-order valence-corrected chi connectivity index (χ1v) is 12.6. The fraction of sp³-hybridized carbons (Fsp3) is 0.233. The number of benzene rings is 3. The highest BCUT2D eigenvalue weighted by molar-refractivity contribution is 6.25. The molecule has 0 unspecified atom stereocenters. The Morgan fingerprint density at radius 2 is 1.64 bits per heavy atom. The van der Waals surface area contributed by atoms with Gasteiger partial charge in [-0.2, -0.15) is 0 Å². The summed E-state index contributed by atoms with van der Waals surface area (Å²) in [5.74, 6) is 0.571. The summed E-state index contributed by atoms with van der Waals surface area (Å²) >= 11 is 0. The number of fused-ring (bicyclic) bond motifs is 1. The van der Waals surface area contributed by atoms with Gasteiger partial charge in [-0.05, 0) is 67.1 Å². The maximum Gasteiger partial charge on any atom is 0.261 e. The summed E-state index contributed by atoms with van der Waals surface area (Å²) in [6.45, 7) is 3.67. The minimum absolute atomic E-state index is 0.000896. The number of piperazine rings is 1. The summed E-state index contributed by atoms with van der Waals surface area (Å²) < 4.78 is 16.4. The summed E-state index contributed by atoms with van der Waals surface area (Å²) in [6.07, 6.45) is 1.55. The van der Waals surface area contributed by atoms with E-state index in [4.69, 9.17) is 14.2 Å². The van der Waals surface area contributed by atoms with Crippen LogP contribution in [0.25, 0.3) is 6.08 Å². The Balaban J connectivity index is 1.38. The van der Waals surface area contributed by atoms with Crippen molar-refractivity contribution < 1.29 is 28.6 Å². The Bertz CT molecular complexity index is 1410. The molecule has 9 heteroatoms. The highest BCUT2D eigenvalue weighted by Crippen LogP contribution is 2.42. The lowest BCUT2D eigenvalue weighted by Crippen LogP contribution is -2.50. The SMILES string of the molecule is COc1cc(/C=C(/C(=O)Nc2ccccc2)C(=O)N2CCN(c3ccc(C(C)=O)cc3)CC2)cc2c1OCO2. The third-order valence-electron chi connectivity index (χ3n) is 6.70. The molecular formula is C30H29N3O6. The number of amides is 2. The van der Waals surface area contributed by atoms with Crippen molar-refractivity contribution in [2.45, 2.75) is 6.92 Å². The van der Waals surface area contributed by atoms with Gasteiger partial charge in [0.25, 0.3) is 11.8 Å². The number of methoxy groups -OCH3 is 1. The van der Waals surface area contributed by atoms with E-state index in [9.17, 15) is 14.4 Å². The van der Waals surface area contributed by atoms with Crippen LogP contribution in [0.4, 0.5) is 11.4 Å². The van der Waals surface area contributed by atoms with Gasteiger partial charge < -0.3 is 29.3 Å². The van der Waals surface area contributed by atoms with Gasteiger partial charge in [0, 0.05) is 43.1 Å². The third-order valence-corrected chi connectivity index (χ3v) is 6.70. The maximum absolute atomic E-state index is 13.7. The lowest BCUT2D eigenvalue weighted by molar-refractivity contribution is -0.129. The van der Waals surface area contributed by atoms with Crippen LogP contribution in [-0.4, -0.2) is 62.6 Å². The van der Waals surface area contributed by atoms with Gasteiger partial charge in [-0.3, -0.25) is 14.4 Å². The molecule has 9 nitrogen and oxygen atoms in total. The number of anilines is 2. The predicted octanol–water partition coefficient (Wildman–Crippen LogP) is 4.00. The normalized spacial score (nSPS) is 14.7. The number of ether oxygens (including phenoxy) is 3. The van der Waals surface area contributed by atoms with Crippen LogP contribution in [0, 0.1) is 0 Å². The topological polar surface area (TPSA) is 97.4 Å². The number of carbonyl (C=O) groups excluding carboxylic acids is 3. The van der Waals surface area contributed by atoms with Crippen LogP contribution in [0.3, 0.4) is 0 Å². The fourth-order valence-corrected chi connectivity index (χ4v) is 4.59. The maximum atomic E-state index is 13.7. The van der Waals surface area contributed by atoms with E-state index in [0.717, 1.165) is 5.69 Å². The third kappa shape index (κ3) is 5.72. The Hall–Kier alpha value is -4.79. The first-order valence-electron chi connectivity index (χ1n) is 12.6. The molecule has 0 bridgehead atoms. The van der Waals surface area contributed by atoms with Gasteiger partial charge in [0.1, 0.15) is 5.57 Å². The molecule has 5 rings (SSSR count). The van der Waals surface area contributed by atoms with E-state index in [-0.39, 0.29) is 24.1 Å². The van der Waals surface area contributed by atoms with E-state index in [2.05, 4.69) is 10.2 Å². The molecule has 3 aromatic carbocycles. The van der Waals surface area contributed by atoms with Crippen molar-refractivity contribution in [3.63, 3.8) is 0 Å². The molecule has 0 atom stereocenters. The van der Waals surface area contributed by atoms with Crippen molar-refractivity contribution in [2.75, 3.05) is 50.3 Å². The average Bonchev–Trinajstić information content (AvgIpc) is 3.44. The molecule has 0 radical (unpaired) electrons. The molecule has 1 saturated heterocycles. The number of hydrogen-bond acceptors (Lipinski definition) is 7. The molecular weight excluding hydrogens is 498 g/mol.